The van der Waals surface area contributed by atoms with E-state index in [4.69, 9.17) is 5.73 Å². The van der Waals surface area contributed by atoms with Gasteiger partial charge in [0.05, 0.1) is 0 Å². The van der Waals surface area contributed by atoms with Gasteiger partial charge in [-0.05, 0) is 42.6 Å². The summed E-state index contributed by atoms with van der Waals surface area (Å²) in [6.45, 7) is 2.62. The first-order chi connectivity index (χ1) is 8.01. The van der Waals surface area contributed by atoms with Gasteiger partial charge in [0.15, 0.2) is 0 Å². The predicted octanol–water partition coefficient (Wildman–Crippen LogP) is 3.07. The molecular formula is C13H17BrFNO. The van der Waals surface area contributed by atoms with Gasteiger partial charge >= 0.3 is 0 Å². The first-order valence-corrected chi connectivity index (χ1v) is 6.47. The molecule has 1 rings (SSSR count). The van der Waals surface area contributed by atoms with Crippen LogP contribution in [0.1, 0.15) is 25.3 Å². The molecule has 0 aromatic heterocycles. The zero-order valence-corrected chi connectivity index (χ0v) is 11.5. The van der Waals surface area contributed by atoms with Gasteiger partial charge in [-0.1, -0.05) is 22.9 Å². The van der Waals surface area contributed by atoms with Gasteiger partial charge in [0.1, 0.15) is 11.6 Å². The molecule has 0 aliphatic heterocycles. The van der Waals surface area contributed by atoms with Crippen LogP contribution < -0.4 is 5.73 Å². The maximum atomic E-state index is 13.1. The Morgan fingerprint density at radius 3 is 2.76 bits per heavy atom. The number of carbonyl (C=O) groups excluding carboxylic acids is 1. The number of ketones is 1. The van der Waals surface area contributed by atoms with Gasteiger partial charge in [-0.15, -0.1) is 0 Å². The Hall–Kier alpha value is -0.740. The standard InChI is InChI=1S/C13H17BrFNO/c1-9(8-16)2-3-13(17)6-10-4-11(14)7-12(15)5-10/h4-5,7,9H,2-3,6,8,16H2,1H3. The Bertz CT molecular complexity index is 375. The second-order valence-corrected chi connectivity index (χ2v) is 5.29. The molecule has 0 saturated heterocycles. The summed E-state index contributed by atoms with van der Waals surface area (Å²) in [5.41, 5.74) is 6.19. The fraction of sp³-hybridized carbons (Fsp3) is 0.462. The highest BCUT2D eigenvalue weighted by molar-refractivity contribution is 9.10. The van der Waals surface area contributed by atoms with Crippen molar-refractivity contribution in [1.29, 1.82) is 0 Å². The highest BCUT2D eigenvalue weighted by Crippen LogP contribution is 2.16. The molecule has 0 aliphatic carbocycles. The molecule has 2 nitrogen and oxygen atoms in total. The third-order valence-electron chi connectivity index (χ3n) is 2.64. The third-order valence-corrected chi connectivity index (χ3v) is 3.10. The lowest BCUT2D eigenvalue weighted by Gasteiger charge is -2.07. The molecule has 0 aliphatic rings. The third kappa shape index (κ3) is 5.41. The van der Waals surface area contributed by atoms with Gasteiger partial charge in [-0.2, -0.15) is 0 Å². The van der Waals surface area contributed by atoms with Crippen molar-refractivity contribution >= 4 is 21.7 Å². The number of hydrogen-bond acceptors (Lipinski definition) is 2. The van der Waals surface area contributed by atoms with Crippen LogP contribution in [0.15, 0.2) is 22.7 Å². The monoisotopic (exact) mass is 301 g/mol. The van der Waals surface area contributed by atoms with Crippen LogP contribution in [0.25, 0.3) is 0 Å². The summed E-state index contributed by atoms with van der Waals surface area (Å²) in [7, 11) is 0. The smallest absolute Gasteiger partial charge is 0.137 e. The summed E-state index contributed by atoms with van der Waals surface area (Å²) in [6.07, 6.45) is 1.59. The molecule has 2 N–H and O–H groups in total. The van der Waals surface area contributed by atoms with E-state index in [-0.39, 0.29) is 18.0 Å². The van der Waals surface area contributed by atoms with E-state index in [0.29, 0.717) is 28.9 Å². The van der Waals surface area contributed by atoms with E-state index in [1.165, 1.54) is 12.1 Å². The largest absolute Gasteiger partial charge is 0.330 e. The van der Waals surface area contributed by atoms with E-state index in [2.05, 4.69) is 15.9 Å². The van der Waals surface area contributed by atoms with E-state index in [1.807, 2.05) is 6.92 Å². The van der Waals surface area contributed by atoms with E-state index in [0.717, 1.165) is 6.42 Å². The summed E-state index contributed by atoms with van der Waals surface area (Å²) >= 11 is 3.21. The van der Waals surface area contributed by atoms with Crippen molar-refractivity contribution in [3.63, 3.8) is 0 Å². The van der Waals surface area contributed by atoms with E-state index >= 15 is 0 Å². The van der Waals surface area contributed by atoms with E-state index in [1.54, 1.807) is 6.07 Å². The lowest BCUT2D eigenvalue weighted by Crippen LogP contribution is -2.13. The quantitative estimate of drug-likeness (QED) is 0.877. The number of carbonyl (C=O) groups is 1. The zero-order chi connectivity index (χ0) is 12.8. The molecule has 1 aromatic rings. The topological polar surface area (TPSA) is 43.1 Å². The Morgan fingerprint density at radius 1 is 1.47 bits per heavy atom. The maximum Gasteiger partial charge on any atom is 0.137 e. The Balaban J connectivity index is 2.50. The molecule has 0 fully saturated rings. The van der Waals surface area contributed by atoms with Gasteiger partial charge < -0.3 is 5.73 Å². The molecule has 1 aromatic carbocycles. The van der Waals surface area contributed by atoms with Crippen molar-refractivity contribution in [3.8, 4) is 0 Å². The van der Waals surface area contributed by atoms with Crippen LogP contribution in [-0.2, 0) is 11.2 Å². The molecule has 0 radical (unpaired) electrons. The van der Waals surface area contributed by atoms with Crippen LogP contribution in [0.4, 0.5) is 4.39 Å². The number of halogens is 2. The SMILES string of the molecule is CC(CN)CCC(=O)Cc1cc(F)cc(Br)c1. The first kappa shape index (κ1) is 14.3. The van der Waals surface area contributed by atoms with Gasteiger partial charge in [0.25, 0.3) is 0 Å². The zero-order valence-electron chi connectivity index (χ0n) is 9.88. The van der Waals surface area contributed by atoms with Crippen LogP contribution in [0.5, 0.6) is 0 Å². The van der Waals surface area contributed by atoms with Crippen molar-refractivity contribution < 1.29 is 9.18 Å². The molecule has 0 spiro atoms. The van der Waals surface area contributed by atoms with Crippen LogP contribution in [0, 0.1) is 11.7 Å². The number of nitrogens with two attached hydrogens (primary N) is 1. The second-order valence-electron chi connectivity index (χ2n) is 4.37. The molecule has 0 heterocycles. The minimum Gasteiger partial charge on any atom is -0.330 e. The average Bonchev–Trinajstić information content (AvgIpc) is 2.24. The maximum absolute atomic E-state index is 13.1. The van der Waals surface area contributed by atoms with Crippen LogP contribution in [-0.4, -0.2) is 12.3 Å². The minimum absolute atomic E-state index is 0.128. The Kier molecular flexibility index (Phi) is 5.78. The Morgan fingerprint density at radius 2 is 2.18 bits per heavy atom. The van der Waals surface area contributed by atoms with Crippen molar-refractivity contribution in [1.82, 2.24) is 0 Å². The summed E-state index contributed by atoms with van der Waals surface area (Å²) < 4.78 is 13.8. The second kappa shape index (κ2) is 6.87. The molecule has 1 unspecified atom stereocenters. The molecule has 0 saturated carbocycles. The molecule has 94 valence electrons. The molecule has 0 bridgehead atoms. The lowest BCUT2D eigenvalue weighted by atomic mass is 10.0. The minimum atomic E-state index is -0.322. The van der Waals surface area contributed by atoms with Gasteiger partial charge in [-0.3, -0.25) is 4.79 Å². The van der Waals surface area contributed by atoms with Gasteiger partial charge in [0.2, 0.25) is 0 Å². The van der Waals surface area contributed by atoms with Crippen molar-refractivity contribution in [2.45, 2.75) is 26.2 Å². The number of rotatable bonds is 6. The van der Waals surface area contributed by atoms with Crippen LogP contribution >= 0.6 is 15.9 Å². The van der Waals surface area contributed by atoms with E-state index < -0.39 is 0 Å². The normalized spacial score (nSPS) is 12.5. The summed E-state index contributed by atoms with van der Waals surface area (Å²) in [4.78, 5) is 11.7. The first-order valence-electron chi connectivity index (χ1n) is 5.68. The molecule has 4 heteroatoms. The van der Waals surface area contributed by atoms with E-state index in [9.17, 15) is 9.18 Å². The van der Waals surface area contributed by atoms with Crippen LogP contribution in [0.3, 0.4) is 0 Å². The fourth-order valence-corrected chi connectivity index (χ4v) is 2.07. The highest BCUT2D eigenvalue weighted by atomic mass is 79.9. The van der Waals surface area contributed by atoms with Gasteiger partial charge in [-0.25, -0.2) is 4.39 Å². The molecule has 17 heavy (non-hydrogen) atoms. The number of Topliss-reactive ketones (excluding diaryl/α,β-unsaturated/α-hetero) is 1. The number of hydrogen-bond donors (Lipinski definition) is 1. The summed E-state index contributed by atoms with van der Waals surface area (Å²) in [5, 5.41) is 0. The van der Waals surface area contributed by atoms with Gasteiger partial charge in [0, 0.05) is 17.3 Å². The fourth-order valence-electron chi connectivity index (χ4n) is 1.55. The molecule has 1 atom stereocenters. The molecule has 0 amide bonds. The Labute approximate surface area is 110 Å². The van der Waals surface area contributed by atoms with Crippen molar-refractivity contribution in [3.05, 3.63) is 34.1 Å². The van der Waals surface area contributed by atoms with Crippen LogP contribution in [0.2, 0.25) is 0 Å². The van der Waals surface area contributed by atoms with Crippen molar-refractivity contribution in [2.24, 2.45) is 11.7 Å². The summed E-state index contributed by atoms with van der Waals surface area (Å²) in [5.74, 6) is 0.165. The average molecular weight is 302 g/mol. The molecular weight excluding hydrogens is 285 g/mol. The lowest BCUT2D eigenvalue weighted by molar-refractivity contribution is -0.118. The highest BCUT2D eigenvalue weighted by Gasteiger charge is 2.08. The summed E-state index contributed by atoms with van der Waals surface area (Å²) in [6, 6.07) is 4.55. The predicted molar refractivity (Wildman–Crippen MR) is 70.3 cm³/mol. The number of benzene rings is 1. The van der Waals surface area contributed by atoms with Crippen molar-refractivity contribution in [2.75, 3.05) is 6.54 Å².